The number of rotatable bonds is 10. The topological polar surface area (TPSA) is 87.2 Å². The fourth-order valence-corrected chi connectivity index (χ4v) is 2.94. The third-order valence-corrected chi connectivity index (χ3v) is 4.29. The minimum Gasteiger partial charge on any atom is -0.481 e. The molecule has 7 nitrogen and oxygen atoms in total. The number of aliphatic carboxylic acids is 1. The summed E-state index contributed by atoms with van der Waals surface area (Å²) in [6.07, 6.45) is 0.647. The zero-order chi connectivity index (χ0) is 16.5. The predicted octanol–water partition coefficient (Wildman–Crippen LogP) is 0.495. The average Bonchev–Trinajstić information content (AvgIpc) is 2.87. The highest BCUT2D eigenvalue weighted by molar-refractivity contribution is 8.00. The molecule has 0 aromatic carbocycles. The summed E-state index contributed by atoms with van der Waals surface area (Å²) in [5.74, 6) is -0.899. The molecule has 0 aromatic rings. The first kappa shape index (κ1) is 18.8. The normalized spacial score (nSPS) is 15.9. The van der Waals surface area contributed by atoms with E-state index >= 15 is 0 Å². The van der Waals surface area contributed by atoms with Crippen molar-refractivity contribution >= 4 is 29.5 Å². The van der Waals surface area contributed by atoms with Crippen molar-refractivity contribution in [3.63, 3.8) is 0 Å². The van der Waals surface area contributed by atoms with Crippen molar-refractivity contribution in [2.75, 3.05) is 44.5 Å². The standard InChI is InChI=1S/C14H24N2O5S/c1-3-21-6-4-5-15(7-11(2)14(19)20)12(17)8-16-10-22-9-13(16)18/h11H,3-10H2,1-2H3,(H,19,20). The Balaban J connectivity index is 2.55. The number of hydrogen-bond acceptors (Lipinski definition) is 5. The predicted molar refractivity (Wildman–Crippen MR) is 83.5 cm³/mol. The molecule has 8 heteroatoms. The highest BCUT2D eigenvalue weighted by Crippen LogP contribution is 2.15. The lowest BCUT2D eigenvalue weighted by molar-refractivity contribution is -0.144. The van der Waals surface area contributed by atoms with Crippen molar-refractivity contribution in [1.29, 1.82) is 0 Å². The number of thioether (sulfide) groups is 1. The Morgan fingerprint density at radius 2 is 2.23 bits per heavy atom. The van der Waals surface area contributed by atoms with E-state index in [2.05, 4.69) is 0 Å². The highest BCUT2D eigenvalue weighted by Gasteiger charge is 2.26. The lowest BCUT2D eigenvalue weighted by Crippen LogP contribution is -2.44. The van der Waals surface area contributed by atoms with E-state index in [0.717, 1.165) is 0 Å². The van der Waals surface area contributed by atoms with Gasteiger partial charge in [0.15, 0.2) is 0 Å². The van der Waals surface area contributed by atoms with Gasteiger partial charge in [-0.3, -0.25) is 14.4 Å². The lowest BCUT2D eigenvalue weighted by atomic mass is 10.1. The Hall–Kier alpha value is -1.28. The molecule has 0 spiro atoms. The molecule has 0 aromatic heterocycles. The maximum atomic E-state index is 12.4. The van der Waals surface area contributed by atoms with Crippen LogP contribution in [0.1, 0.15) is 20.3 Å². The second-order valence-electron chi connectivity index (χ2n) is 5.20. The molecule has 1 aliphatic heterocycles. The second kappa shape index (κ2) is 9.68. The first-order valence-corrected chi connectivity index (χ1v) is 8.55. The summed E-state index contributed by atoms with van der Waals surface area (Å²) in [5, 5.41) is 9.02. The molecule has 1 heterocycles. The number of carboxylic acids is 1. The third-order valence-electron chi connectivity index (χ3n) is 3.34. The van der Waals surface area contributed by atoms with Gasteiger partial charge in [0.2, 0.25) is 11.8 Å². The molecule has 0 bridgehead atoms. The van der Waals surface area contributed by atoms with Crippen molar-refractivity contribution < 1.29 is 24.2 Å². The van der Waals surface area contributed by atoms with Gasteiger partial charge in [-0.15, -0.1) is 11.8 Å². The van der Waals surface area contributed by atoms with E-state index in [-0.39, 0.29) is 24.9 Å². The van der Waals surface area contributed by atoms with Crippen LogP contribution in [0.2, 0.25) is 0 Å². The smallest absolute Gasteiger partial charge is 0.308 e. The molecule has 0 saturated carbocycles. The molecule has 1 saturated heterocycles. The zero-order valence-corrected chi connectivity index (χ0v) is 13.9. The van der Waals surface area contributed by atoms with Gasteiger partial charge in [-0.05, 0) is 13.3 Å². The van der Waals surface area contributed by atoms with E-state index in [0.29, 0.717) is 37.8 Å². The van der Waals surface area contributed by atoms with Gasteiger partial charge in [-0.1, -0.05) is 6.92 Å². The number of amides is 2. The van der Waals surface area contributed by atoms with Crippen molar-refractivity contribution in [2.45, 2.75) is 20.3 Å². The summed E-state index contributed by atoms with van der Waals surface area (Å²) >= 11 is 1.48. The summed E-state index contributed by atoms with van der Waals surface area (Å²) < 4.78 is 5.24. The molecule has 22 heavy (non-hydrogen) atoms. The van der Waals surface area contributed by atoms with Crippen molar-refractivity contribution in [2.24, 2.45) is 5.92 Å². The molecular formula is C14H24N2O5S. The van der Waals surface area contributed by atoms with Crippen LogP contribution in [0.3, 0.4) is 0 Å². The lowest BCUT2D eigenvalue weighted by Gasteiger charge is -2.26. The van der Waals surface area contributed by atoms with Gasteiger partial charge >= 0.3 is 5.97 Å². The maximum absolute atomic E-state index is 12.4. The van der Waals surface area contributed by atoms with Gasteiger partial charge in [0.1, 0.15) is 6.54 Å². The Morgan fingerprint density at radius 3 is 2.77 bits per heavy atom. The maximum Gasteiger partial charge on any atom is 0.308 e. The number of carboxylic acid groups (broad SMARTS) is 1. The number of hydrogen-bond donors (Lipinski definition) is 1. The zero-order valence-electron chi connectivity index (χ0n) is 13.1. The molecule has 0 radical (unpaired) electrons. The van der Waals surface area contributed by atoms with Gasteiger partial charge in [0.25, 0.3) is 0 Å². The van der Waals surface area contributed by atoms with Crippen LogP contribution < -0.4 is 0 Å². The van der Waals surface area contributed by atoms with Gasteiger partial charge < -0.3 is 19.6 Å². The molecule has 1 rings (SSSR count). The Labute approximate surface area is 135 Å². The Kier molecular flexibility index (Phi) is 8.26. The van der Waals surface area contributed by atoms with Crippen LogP contribution in [0.15, 0.2) is 0 Å². The van der Waals surface area contributed by atoms with Gasteiger partial charge in [-0.2, -0.15) is 0 Å². The van der Waals surface area contributed by atoms with E-state index < -0.39 is 11.9 Å². The van der Waals surface area contributed by atoms with Crippen LogP contribution in [0.25, 0.3) is 0 Å². The SMILES string of the molecule is CCOCCCN(CC(C)C(=O)O)C(=O)CN1CSCC1=O. The number of carbonyl (C=O) groups excluding carboxylic acids is 2. The first-order chi connectivity index (χ1) is 10.5. The average molecular weight is 332 g/mol. The van der Waals surface area contributed by atoms with Gasteiger partial charge in [-0.25, -0.2) is 0 Å². The van der Waals surface area contributed by atoms with E-state index in [1.54, 1.807) is 6.92 Å². The van der Waals surface area contributed by atoms with Crippen LogP contribution in [-0.4, -0.2) is 77.2 Å². The van der Waals surface area contributed by atoms with E-state index in [9.17, 15) is 14.4 Å². The van der Waals surface area contributed by atoms with Gasteiger partial charge in [0.05, 0.1) is 17.5 Å². The van der Waals surface area contributed by atoms with Crippen LogP contribution in [0.4, 0.5) is 0 Å². The minimum absolute atomic E-state index is 0.0206. The molecule has 126 valence electrons. The van der Waals surface area contributed by atoms with Crippen molar-refractivity contribution in [3.05, 3.63) is 0 Å². The molecular weight excluding hydrogens is 308 g/mol. The van der Waals surface area contributed by atoms with E-state index in [4.69, 9.17) is 9.84 Å². The summed E-state index contributed by atoms with van der Waals surface area (Å²) in [6, 6.07) is 0. The van der Waals surface area contributed by atoms with E-state index in [1.165, 1.54) is 21.6 Å². The number of ether oxygens (including phenoxy) is 1. The molecule has 0 aliphatic carbocycles. The highest BCUT2D eigenvalue weighted by atomic mass is 32.2. The van der Waals surface area contributed by atoms with E-state index in [1.807, 2.05) is 6.92 Å². The molecule has 1 atom stereocenters. The molecule has 2 amide bonds. The number of carbonyl (C=O) groups is 3. The van der Waals surface area contributed by atoms with Crippen LogP contribution in [-0.2, 0) is 19.1 Å². The molecule has 1 fully saturated rings. The fourth-order valence-electron chi connectivity index (χ4n) is 2.03. The summed E-state index contributed by atoms with van der Waals surface area (Å²) in [5.41, 5.74) is 0. The second-order valence-corrected chi connectivity index (χ2v) is 6.15. The van der Waals surface area contributed by atoms with Crippen molar-refractivity contribution in [3.8, 4) is 0 Å². The summed E-state index contributed by atoms with van der Waals surface area (Å²) in [4.78, 5) is 38.0. The fraction of sp³-hybridized carbons (Fsp3) is 0.786. The molecule has 1 unspecified atom stereocenters. The van der Waals surface area contributed by atoms with Crippen LogP contribution in [0, 0.1) is 5.92 Å². The molecule has 1 aliphatic rings. The monoisotopic (exact) mass is 332 g/mol. The van der Waals surface area contributed by atoms with Gasteiger partial charge in [0, 0.05) is 26.3 Å². The quantitative estimate of drug-likeness (QED) is 0.586. The largest absolute Gasteiger partial charge is 0.481 e. The Bertz CT molecular complexity index is 405. The number of nitrogens with zero attached hydrogens (tertiary/aromatic N) is 2. The first-order valence-electron chi connectivity index (χ1n) is 7.39. The van der Waals surface area contributed by atoms with Crippen LogP contribution >= 0.6 is 11.8 Å². The van der Waals surface area contributed by atoms with Crippen LogP contribution in [0.5, 0.6) is 0 Å². The molecule has 1 N–H and O–H groups in total. The van der Waals surface area contributed by atoms with Crippen molar-refractivity contribution in [1.82, 2.24) is 9.80 Å². The summed E-state index contributed by atoms with van der Waals surface area (Å²) in [7, 11) is 0. The summed E-state index contributed by atoms with van der Waals surface area (Å²) in [6.45, 7) is 5.21. The Morgan fingerprint density at radius 1 is 1.50 bits per heavy atom. The minimum atomic E-state index is -0.935. The third kappa shape index (κ3) is 6.23.